The number of hydrogen-bond donors (Lipinski definition) is 0. The number of hydrogen-bond acceptors (Lipinski definition) is 2. The van der Waals surface area contributed by atoms with E-state index in [4.69, 9.17) is 11.6 Å². The molecule has 0 spiro atoms. The summed E-state index contributed by atoms with van der Waals surface area (Å²) in [6.45, 7) is 6.29. The van der Waals surface area contributed by atoms with Crippen molar-refractivity contribution in [3.63, 3.8) is 0 Å². The van der Waals surface area contributed by atoms with Crippen LogP contribution < -0.4 is 0 Å². The fourth-order valence-corrected chi connectivity index (χ4v) is 3.86. The number of rotatable bonds is 7. The van der Waals surface area contributed by atoms with Crippen LogP contribution >= 0.6 is 22.9 Å². The summed E-state index contributed by atoms with van der Waals surface area (Å²) < 4.78 is 2.16. The van der Waals surface area contributed by atoms with Crippen LogP contribution in [0.1, 0.15) is 34.8 Å². The van der Waals surface area contributed by atoms with Crippen molar-refractivity contribution in [1.29, 1.82) is 0 Å². The summed E-state index contributed by atoms with van der Waals surface area (Å²) in [5.41, 5.74) is 2.18. The second-order valence-electron chi connectivity index (χ2n) is 6.78. The summed E-state index contributed by atoms with van der Waals surface area (Å²) in [7, 11) is 0. The Bertz CT molecular complexity index is 855. The molecule has 3 nitrogen and oxygen atoms in total. The van der Waals surface area contributed by atoms with Gasteiger partial charge >= 0.3 is 0 Å². The summed E-state index contributed by atoms with van der Waals surface area (Å²) in [4.78, 5) is 15.6. The highest BCUT2D eigenvalue weighted by molar-refractivity contribution is 7.12. The Morgan fingerprint density at radius 1 is 1.15 bits per heavy atom. The zero-order valence-electron chi connectivity index (χ0n) is 15.1. The number of amides is 1. The van der Waals surface area contributed by atoms with Crippen LogP contribution in [0.3, 0.4) is 0 Å². The Balaban J connectivity index is 1.80. The minimum absolute atomic E-state index is 0.0965. The molecule has 0 unspecified atom stereocenters. The van der Waals surface area contributed by atoms with Gasteiger partial charge in [-0.3, -0.25) is 4.79 Å². The molecule has 1 amide bonds. The SMILES string of the molecule is CC(C)CN(Cc1cccn1Cc1ccccc1Cl)C(=O)c1cccs1. The molecule has 2 heterocycles. The van der Waals surface area contributed by atoms with E-state index >= 15 is 0 Å². The molecule has 3 rings (SSSR count). The van der Waals surface area contributed by atoms with Gasteiger partial charge in [0.25, 0.3) is 5.91 Å². The van der Waals surface area contributed by atoms with E-state index in [1.54, 1.807) is 0 Å². The standard InChI is InChI=1S/C21H23ClN2OS/c1-16(2)13-24(21(25)20-10-6-12-26-20)15-18-8-5-11-23(18)14-17-7-3-4-9-19(17)22/h3-12,16H,13-15H2,1-2H3. The summed E-state index contributed by atoms with van der Waals surface area (Å²) in [6, 6.07) is 15.8. The summed E-state index contributed by atoms with van der Waals surface area (Å²) >= 11 is 7.80. The van der Waals surface area contributed by atoms with Gasteiger partial charge in [-0.05, 0) is 41.1 Å². The predicted octanol–water partition coefficient (Wildman–Crippen LogP) is 5.55. The van der Waals surface area contributed by atoms with Gasteiger partial charge in [-0.1, -0.05) is 49.7 Å². The second kappa shape index (κ2) is 8.56. The van der Waals surface area contributed by atoms with Crippen molar-refractivity contribution in [3.8, 4) is 0 Å². The van der Waals surface area contributed by atoms with E-state index in [0.717, 1.165) is 27.7 Å². The van der Waals surface area contributed by atoms with Gasteiger partial charge in [0.05, 0.1) is 11.4 Å². The molecule has 0 saturated heterocycles. The molecular formula is C21H23ClN2OS. The Kier molecular flexibility index (Phi) is 6.17. The van der Waals surface area contributed by atoms with Gasteiger partial charge in [0.1, 0.15) is 0 Å². The lowest BCUT2D eigenvalue weighted by Crippen LogP contribution is -2.34. The van der Waals surface area contributed by atoms with Crippen LogP contribution in [0, 0.1) is 5.92 Å². The maximum atomic E-state index is 12.9. The van der Waals surface area contributed by atoms with E-state index in [9.17, 15) is 4.79 Å². The largest absolute Gasteiger partial charge is 0.345 e. The normalized spacial score (nSPS) is 11.1. The van der Waals surface area contributed by atoms with Crippen molar-refractivity contribution in [1.82, 2.24) is 9.47 Å². The Morgan fingerprint density at radius 2 is 1.96 bits per heavy atom. The lowest BCUT2D eigenvalue weighted by atomic mass is 10.2. The third-order valence-corrected chi connectivity index (χ3v) is 5.41. The van der Waals surface area contributed by atoms with Crippen molar-refractivity contribution >= 4 is 28.8 Å². The maximum absolute atomic E-state index is 12.9. The first-order chi connectivity index (χ1) is 12.5. The summed E-state index contributed by atoms with van der Waals surface area (Å²) in [5, 5.41) is 2.71. The van der Waals surface area contributed by atoms with Crippen LogP contribution in [0.25, 0.3) is 0 Å². The molecular weight excluding hydrogens is 364 g/mol. The number of carbonyl (C=O) groups is 1. The van der Waals surface area contributed by atoms with E-state index in [-0.39, 0.29) is 5.91 Å². The number of nitrogens with zero attached hydrogens (tertiary/aromatic N) is 2. The molecule has 3 aromatic rings. The molecule has 0 saturated carbocycles. The first kappa shape index (κ1) is 18.7. The van der Waals surface area contributed by atoms with Crippen molar-refractivity contribution in [3.05, 3.63) is 81.3 Å². The van der Waals surface area contributed by atoms with E-state index in [0.29, 0.717) is 19.0 Å². The van der Waals surface area contributed by atoms with Gasteiger partial charge in [-0.2, -0.15) is 0 Å². The fourth-order valence-electron chi connectivity index (χ4n) is 2.97. The van der Waals surface area contributed by atoms with E-state index in [1.165, 1.54) is 11.3 Å². The monoisotopic (exact) mass is 386 g/mol. The number of benzene rings is 1. The van der Waals surface area contributed by atoms with Crippen LogP contribution in [0.15, 0.2) is 60.1 Å². The lowest BCUT2D eigenvalue weighted by molar-refractivity contribution is 0.0723. The maximum Gasteiger partial charge on any atom is 0.264 e. The van der Waals surface area contributed by atoms with Gasteiger partial charge in [-0.25, -0.2) is 0 Å². The highest BCUT2D eigenvalue weighted by atomic mass is 35.5. The number of carbonyl (C=O) groups excluding carboxylic acids is 1. The lowest BCUT2D eigenvalue weighted by Gasteiger charge is -2.25. The minimum Gasteiger partial charge on any atom is -0.345 e. The first-order valence-electron chi connectivity index (χ1n) is 8.75. The molecule has 1 aromatic carbocycles. The van der Waals surface area contributed by atoms with Crippen LogP contribution in [0.5, 0.6) is 0 Å². The number of aromatic nitrogens is 1. The molecule has 0 aliphatic carbocycles. The van der Waals surface area contributed by atoms with Crippen LogP contribution in [-0.4, -0.2) is 21.9 Å². The Hall–Kier alpha value is -2.04. The zero-order valence-corrected chi connectivity index (χ0v) is 16.6. The van der Waals surface area contributed by atoms with Crippen LogP contribution in [0.4, 0.5) is 0 Å². The van der Waals surface area contributed by atoms with Crippen molar-refractivity contribution in [2.45, 2.75) is 26.9 Å². The van der Waals surface area contributed by atoms with Gasteiger partial charge < -0.3 is 9.47 Å². The Morgan fingerprint density at radius 3 is 2.65 bits per heavy atom. The van der Waals surface area contributed by atoms with Crippen molar-refractivity contribution in [2.75, 3.05) is 6.54 Å². The molecule has 0 radical (unpaired) electrons. The number of thiophene rings is 1. The fraction of sp³-hybridized carbons (Fsp3) is 0.286. The molecule has 0 N–H and O–H groups in total. The summed E-state index contributed by atoms with van der Waals surface area (Å²) in [5.74, 6) is 0.505. The average Bonchev–Trinajstić information content (AvgIpc) is 3.28. The highest BCUT2D eigenvalue weighted by Gasteiger charge is 2.19. The third-order valence-electron chi connectivity index (χ3n) is 4.18. The van der Waals surface area contributed by atoms with Crippen molar-refractivity contribution < 1.29 is 4.79 Å². The Labute approximate surface area is 163 Å². The second-order valence-corrected chi connectivity index (χ2v) is 8.13. The smallest absolute Gasteiger partial charge is 0.264 e. The van der Waals surface area contributed by atoms with Crippen molar-refractivity contribution in [2.24, 2.45) is 5.92 Å². The van der Waals surface area contributed by atoms with Gasteiger partial charge in [0.15, 0.2) is 0 Å². The van der Waals surface area contributed by atoms with Gasteiger partial charge in [0.2, 0.25) is 0 Å². The average molecular weight is 387 g/mol. The molecule has 26 heavy (non-hydrogen) atoms. The molecule has 0 aliphatic rings. The molecule has 136 valence electrons. The molecule has 0 atom stereocenters. The molecule has 5 heteroatoms. The van der Waals surface area contributed by atoms with Gasteiger partial charge in [-0.15, -0.1) is 11.3 Å². The summed E-state index contributed by atoms with van der Waals surface area (Å²) in [6.07, 6.45) is 2.04. The van der Waals surface area contributed by atoms with E-state index < -0.39 is 0 Å². The number of halogens is 1. The minimum atomic E-state index is 0.0965. The van der Waals surface area contributed by atoms with E-state index in [2.05, 4.69) is 24.5 Å². The quantitative estimate of drug-likeness (QED) is 0.522. The van der Waals surface area contributed by atoms with Gasteiger partial charge in [0, 0.05) is 30.0 Å². The topological polar surface area (TPSA) is 25.2 Å². The molecule has 0 bridgehead atoms. The van der Waals surface area contributed by atoms with E-state index in [1.807, 2.05) is 58.9 Å². The van der Waals surface area contributed by atoms with Crippen LogP contribution in [-0.2, 0) is 13.1 Å². The van der Waals surface area contributed by atoms with Crippen LogP contribution in [0.2, 0.25) is 5.02 Å². The molecule has 2 aromatic heterocycles. The highest BCUT2D eigenvalue weighted by Crippen LogP contribution is 2.20. The molecule has 0 fully saturated rings. The predicted molar refractivity (Wildman–Crippen MR) is 109 cm³/mol. The zero-order chi connectivity index (χ0) is 18.5. The molecule has 0 aliphatic heterocycles. The third kappa shape index (κ3) is 4.57. The first-order valence-corrected chi connectivity index (χ1v) is 10.0.